The molecule has 0 radical (unpaired) electrons. The van der Waals surface area contributed by atoms with Gasteiger partial charge in [0.1, 0.15) is 11.6 Å². The van der Waals surface area contributed by atoms with Crippen molar-refractivity contribution >= 4 is 5.91 Å². The Morgan fingerprint density at radius 1 is 1.08 bits per heavy atom. The minimum atomic E-state index is -0.586. The SMILES string of the molecule is NCC1CCCC1NC(=O)c1ccc(-c2ccc(F)cc2)cc1F. The fraction of sp³-hybridized carbons (Fsp3) is 0.316. The second kappa shape index (κ2) is 7.09. The molecule has 3 nitrogen and oxygen atoms in total. The second-order valence-corrected chi connectivity index (χ2v) is 6.21. The van der Waals surface area contributed by atoms with Crippen LogP contribution in [0.5, 0.6) is 0 Å². The molecule has 3 N–H and O–H groups in total. The van der Waals surface area contributed by atoms with Crippen molar-refractivity contribution in [3.8, 4) is 11.1 Å². The van der Waals surface area contributed by atoms with Gasteiger partial charge in [0, 0.05) is 6.04 Å². The molecule has 24 heavy (non-hydrogen) atoms. The molecule has 2 aromatic carbocycles. The third-order valence-electron chi connectivity index (χ3n) is 4.67. The first kappa shape index (κ1) is 16.6. The van der Waals surface area contributed by atoms with E-state index in [0.29, 0.717) is 17.7 Å². The van der Waals surface area contributed by atoms with E-state index in [0.717, 1.165) is 19.3 Å². The van der Waals surface area contributed by atoms with Crippen molar-refractivity contribution in [3.63, 3.8) is 0 Å². The van der Waals surface area contributed by atoms with Gasteiger partial charge in [0.25, 0.3) is 5.91 Å². The van der Waals surface area contributed by atoms with Crippen LogP contribution in [-0.4, -0.2) is 18.5 Å². The number of benzene rings is 2. The van der Waals surface area contributed by atoms with E-state index in [2.05, 4.69) is 5.32 Å². The summed E-state index contributed by atoms with van der Waals surface area (Å²) >= 11 is 0. The molecule has 2 aromatic rings. The first-order valence-corrected chi connectivity index (χ1v) is 8.15. The number of amides is 1. The molecule has 1 saturated carbocycles. The molecular formula is C19H20F2N2O. The molecule has 1 amide bonds. The molecule has 0 bridgehead atoms. The van der Waals surface area contributed by atoms with Crippen molar-refractivity contribution in [1.29, 1.82) is 0 Å². The summed E-state index contributed by atoms with van der Waals surface area (Å²) in [7, 11) is 0. The van der Waals surface area contributed by atoms with Gasteiger partial charge in [0.15, 0.2) is 0 Å². The molecule has 0 aliphatic heterocycles. The van der Waals surface area contributed by atoms with Crippen LogP contribution in [0.1, 0.15) is 29.6 Å². The predicted octanol–water partition coefficient (Wildman–Crippen LogP) is 3.49. The molecule has 0 spiro atoms. The first-order chi connectivity index (χ1) is 11.6. The van der Waals surface area contributed by atoms with Crippen LogP contribution in [0.15, 0.2) is 42.5 Å². The molecule has 2 unspecified atom stereocenters. The van der Waals surface area contributed by atoms with Gasteiger partial charge in [-0.05, 0) is 60.7 Å². The quantitative estimate of drug-likeness (QED) is 0.901. The number of nitrogens with two attached hydrogens (primary N) is 1. The largest absolute Gasteiger partial charge is 0.349 e. The number of hydrogen-bond donors (Lipinski definition) is 2. The summed E-state index contributed by atoms with van der Waals surface area (Å²) < 4.78 is 27.3. The summed E-state index contributed by atoms with van der Waals surface area (Å²) in [5.41, 5.74) is 7.03. The Morgan fingerprint density at radius 3 is 2.46 bits per heavy atom. The van der Waals surface area contributed by atoms with Crippen LogP contribution in [0.4, 0.5) is 8.78 Å². The van der Waals surface area contributed by atoms with Crippen molar-refractivity contribution in [2.75, 3.05) is 6.54 Å². The van der Waals surface area contributed by atoms with Gasteiger partial charge >= 0.3 is 0 Å². The second-order valence-electron chi connectivity index (χ2n) is 6.21. The van der Waals surface area contributed by atoms with Crippen LogP contribution in [0.2, 0.25) is 0 Å². The van der Waals surface area contributed by atoms with Crippen molar-refractivity contribution in [2.24, 2.45) is 11.7 Å². The van der Waals surface area contributed by atoms with Crippen LogP contribution in [0.25, 0.3) is 11.1 Å². The van der Waals surface area contributed by atoms with E-state index in [-0.39, 0.29) is 23.3 Å². The van der Waals surface area contributed by atoms with Gasteiger partial charge in [-0.3, -0.25) is 4.79 Å². The fourth-order valence-electron chi connectivity index (χ4n) is 3.28. The van der Waals surface area contributed by atoms with Crippen molar-refractivity contribution in [2.45, 2.75) is 25.3 Å². The summed E-state index contributed by atoms with van der Waals surface area (Å²) in [6.07, 6.45) is 2.90. The highest BCUT2D eigenvalue weighted by Crippen LogP contribution is 2.26. The first-order valence-electron chi connectivity index (χ1n) is 8.15. The minimum absolute atomic E-state index is 0.0127. The van der Waals surface area contributed by atoms with Gasteiger partial charge in [0.05, 0.1) is 5.56 Å². The highest BCUT2D eigenvalue weighted by molar-refractivity contribution is 5.95. The number of nitrogens with one attached hydrogen (secondary N) is 1. The summed E-state index contributed by atoms with van der Waals surface area (Å²) in [4.78, 5) is 12.3. The Balaban J connectivity index is 1.77. The predicted molar refractivity (Wildman–Crippen MR) is 89.4 cm³/mol. The van der Waals surface area contributed by atoms with Crippen LogP contribution in [0, 0.1) is 17.6 Å². The molecule has 3 rings (SSSR count). The van der Waals surface area contributed by atoms with Crippen molar-refractivity contribution in [1.82, 2.24) is 5.32 Å². The van der Waals surface area contributed by atoms with E-state index in [9.17, 15) is 13.6 Å². The topological polar surface area (TPSA) is 55.1 Å². The Kier molecular flexibility index (Phi) is 4.90. The summed E-state index contributed by atoms with van der Waals surface area (Å²) in [6.45, 7) is 0.525. The van der Waals surface area contributed by atoms with Gasteiger partial charge in [-0.25, -0.2) is 8.78 Å². The minimum Gasteiger partial charge on any atom is -0.349 e. The number of hydrogen-bond acceptors (Lipinski definition) is 2. The van der Waals surface area contributed by atoms with Crippen LogP contribution >= 0.6 is 0 Å². The van der Waals surface area contributed by atoms with E-state index in [1.165, 1.54) is 24.3 Å². The smallest absolute Gasteiger partial charge is 0.254 e. The Morgan fingerprint density at radius 2 is 1.79 bits per heavy atom. The normalized spacial score (nSPS) is 20.1. The summed E-state index contributed by atoms with van der Waals surface area (Å²) in [5.74, 6) is -1.09. The molecule has 5 heteroatoms. The maximum atomic E-state index is 14.4. The monoisotopic (exact) mass is 330 g/mol. The molecule has 0 aromatic heterocycles. The van der Waals surface area contributed by atoms with Crippen molar-refractivity contribution < 1.29 is 13.6 Å². The zero-order valence-corrected chi connectivity index (χ0v) is 13.3. The highest BCUT2D eigenvalue weighted by Gasteiger charge is 2.28. The lowest BCUT2D eigenvalue weighted by atomic mass is 10.0. The molecule has 0 saturated heterocycles. The van der Waals surface area contributed by atoms with Crippen LogP contribution in [0.3, 0.4) is 0 Å². The lowest BCUT2D eigenvalue weighted by Crippen LogP contribution is -2.40. The van der Waals surface area contributed by atoms with Crippen LogP contribution in [-0.2, 0) is 0 Å². The van der Waals surface area contributed by atoms with E-state index in [1.807, 2.05) is 0 Å². The average molecular weight is 330 g/mol. The van der Waals surface area contributed by atoms with E-state index < -0.39 is 11.7 Å². The lowest BCUT2D eigenvalue weighted by molar-refractivity contribution is 0.0924. The van der Waals surface area contributed by atoms with E-state index in [4.69, 9.17) is 5.73 Å². The molecule has 1 fully saturated rings. The Bertz CT molecular complexity index is 731. The van der Waals surface area contributed by atoms with Gasteiger partial charge in [-0.2, -0.15) is 0 Å². The lowest BCUT2D eigenvalue weighted by Gasteiger charge is -2.19. The summed E-state index contributed by atoms with van der Waals surface area (Å²) in [5, 5.41) is 2.90. The van der Waals surface area contributed by atoms with Gasteiger partial charge in [-0.15, -0.1) is 0 Å². The standard InChI is InChI=1S/C19H20F2N2O/c20-15-7-4-12(5-8-15)13-6-9-16(17(21)10-13)19(24)23-18-3-1-2-14(18)11-22/h4-10,14,18H,1-3,11,22H2,(H,23,24). The van der Waals surface area contributed by atoms with Gasteiger partial charge < -0.3 is 11.1 Å². The molecule has 0 heterocycles. The van der Waals surface area contributed by atoms with Crippen LogP contribution < -0.4 is 11.1 Å². The average Bonchev–Trinajstić information content (AvgIpc) is 3.02. The van der Waals surface area contributed by atoms with E-state index >= 15 is 0 Å². The number of halogens is 2. The zero-order chi connectivity index (χ0) is 17.1. The third-order valence-corrected chi connectivity index (χ3v) is 4.67. The highest BCUT2D eigenvalue weighted by atomic mass is 19.1. The molecule has 126 valence electrons. The fourth-order valence-corrected chi connectivity index (χ4v) is 3.28. The van der Waals surface area contributed by atoms with Crippen molar-refractivity contribution in [3.05, 3.63) is 59.7 Å². The molecule has 1 aliphatic carbocycles. The zero-order valence-electron chi connectivity index (χ0n) is 13.3. The number of rotatable bonds is 4. The molecular weight excluding hydrogens is 310 g/mol. The number of carbonyl (C=O) groups is 1. The van der Waals surface area contributed by atoms with Gasteiger partial charge in [-0.1, -0.05) is 24.6 Å². The third kappa shape index (κ3) is 3.46. The Hall–Kier alpha value is -2.27. The maximum Gasteiger partial charge on any atom is 0.254 e. The van der Waals surface area contributed by atoms with Gasteiger partial charge in [0.2, 0.25) is 0 Å². The number of carbonyl (C=O) groups excluding carboxylic acids is 1. The maximum absolute atomic E-state index is 14.4. The summed E-state index contributed by atoms with van der Waals surface area (Å²) in [6, 6.07) is 10.2. The Labute approximate surface area is 139 Å². The molecule has 2 atom stereocenters. The molecule has 1 aliphatic rings. The van der Waals surface area contributed by atoms with E-state index in [1.54, 1.807) is 18.2 Å².